The molecule has 0 bridgehead atoms. The molecule has 5 aromatic rings. The van der Waals surface area contributed by atoms with Crippen LogP contribution in [0, 0.1) is 17.8 Å². The summed E-state index contributed by atoms with van der Waals surface area (Å²) in [7, 11) is 1.66. The summed E-state index contributed by atoms with van der Waals surface area (Å²) in [6.07, 6.45) is 0. The average molecular weight is 459 g/mol. The molecule has 0 N–H and O–H groups in total. The topological polar surface area (TPSA) is 35.6 Å². The quantitative estimate of drug-likeness (QED) is 0.293. The summed E-state index contributed by atoms with van der Waals surface area (Å²) in [6, 6.07) is 21.9. The van der Waals surface area contributed by atoms with E-state index in [2.05, 4.69) is 32.0 Å². The van der Waals surface area contributed by atoms with Crippen molar-refractivity contribution in [2.45, 2.75) is 20.4 Å². The zero-order chi connectivity index (χ0) is 22.4. The molecule has 2 heterocycles. The number of methoxy groups -OCH3 is 1. The lowest BCUT2D eigenvalue weighted by Crippen LogP contribution is -2.24. The Morgan fingerprint density at radius 1 is 1.00 bits per heavy atom. The molecule has 0 atom stereocenters. The maximum absolute atomic E-state index is 13.8. The molecule has 3 aromatic carbocycles. The SMILES string of the molecule is COc1ccccc1-c1sc(=S)n2c3ccccc3c(=O)n(Cc3cc(C)ccc3C)c12. The van der Waals surface area contributed by atoms with Crippen LogP contribution in [0.25, 0.3) is 27.0 Å². The summed E-state index contributed by atoms with van der Waals surface area (Å²) in [5, 5.41) is 0.658. The number of aromatic nitrogens is 2. The van der Waals surface area contributed by atoms with Gasteiger partial charge in [-0.05, 0) is 61.5 Å². The Morgan fingerprint density at radius 3 is 2.56 bits per heavy atom. The van der Waals surface area contributed by atoms with Gasteiger partial charge >= 0.3 is 0 Å². The molecule has 2 aromatic heterocycles. The van der Waals surface area contributed by atoms with Crippen molar-refractivity contribution < 1.29 is 4.74 Å². The van der Waals surface area contributed by atoms with E-state index in [0.717, 1.165) is 38.5 Å². The number of hydrogen-bond donors (Lipinski definition) is 0. The van der Waals surface area contributed by atoms with Crippen molar-refractivity contribution in [3.8, 4) is 16.2 Å². The highest BCUT2D eigenvalue weighted by atomic mass is 32.1. The number of para-hydroxylation sites is 2. The number of aryl methyl sites for hydroxylation is 2. The fourth-order valence-corrected chi connectivity index (χ4v) is 5.67. The van der Waals surface area contributed by atoms with Crippen LogP contribution in [0.3, 0.4) is 0 Å². The van der Waals surface area contributed by atoms with Gasteiger partial charge in [0.05, 0.1) is 29.4 Å². The van der Waals surface area contributed by atoms with Crippen LogP contribution in [0.2, 0.25) is 0 Å². The van der Waals surface area contributed by atoms with E-state index in [9.17, 15) is 4.79 Å². The molecule has 0 aliphatic heterocycles. The van der Waals surface area contributed by atoms with E-state index in [0.29, 0.717) is 15.9 Å². The largest absolute Gasteiger partial charge is 0.496 e. The first-order valence-corrected chi connectivity index (χ1v) is 11.6. The van der Waals surface area contributed by atoms with Crippen LogP contribution < -0.4 is 10.3 Å². The highest BCUT2D eigenvalue weighted by molar-refractivity contribution is 7.73. The Labute approximate surface area is 195 Å². The molecule has 0 spiro atoms. The van der Waals surface area contributed by atoms with Crippen LogP contribution in [-0.2, 0) is 6.54 Å². The molecule has 0 radical (unpaired) electrons. The molecular formula is C26H22N2O2S2. The van der Waals surface area contributed by atoms with Crippen LogP contribution in [0.4, 0.5) is 0 Å². The van der Waals surface area contributed by atoms with Gasteiger partial charge in [-0.3, -0.25) is 13.8 Å². The maximum Gasteiger partial charge on any atom is 0.261 e. The van der Waals surface area contributed by atoms with Gasteiger partial charge in [0.1, 0.15) is 11.4 Å². The lowest BCUT2D eigenvalue weighted by atomic mass is 10.1. The monoisotopic (exact) mass is 458 g/mol. The van der Waals surface area contributed by atoms with E-state index < -0.39 is 0 Å². The number of ether oxygens (including phenoxy) is 1. The minimum Gasteiger partial charge on any atom is -0.496 e. The van der Waals surface area contributed by atoms with Gasteiger partial charge < -0.3 is 4.74 Å². The number of benzene rings is 3. The predicted octanol–water partition coefficient (Wildman–Crippen LogP) is 6.39. The standard InChI is InChI=1S/C26H22N2O2S2/c1-16-12-13-17(2)18(14-16)15-27-24-23(20-9-5-7-11-22(20)30-3)32-26(31)28(24)21-10-6-4-8-19(21)25(27)29/h4-14H,15H2,1-3H3. The molecule has 4 nitrogen and oxygen atoms in total. The van der Waals surface area contributed by atoms with Crippen LogP contribution in [0.5, 0.6) is 5.75 Å². The van der Waals surface area contributed by atoms with Gasteiger partial charge in [0.15, 0.2) is 3.95 Å². The zero-order valence-corrected chi connectivity index (χ0v) is 19.7. The highest BCUT2D eigenvalue weighted by Crippen LogP contribution is 2.38. The first-order chi connectivity index (χ1) is 15.5. The van der Waals surface area contributed by atoms with Crippen molar-refractivity contribution in [3.05, 3.63) is 97.7 Å². The van der Waals surface area contributed by atoms with Crippen molar-refractivity contribution in [3.63, 3.8) is 0 Å². The molecule has 0 fully saturated rings. The third-order valence-electron chi connectivity index (χ3n) is 5.85. The predicted molar refractivity (Wildman–Crippen MR) is 135 cm³/mol. The van der Waals surface area contributed by atoms with E-state index in [-0.39, 0.29) is 5.56 Å². The molecular weight excluding hydrogens is 436 g/mol. The minimum atomic E-state index is -0.0227. The molecule has 6 heteroatoms. The molecule has 0 amide bonds. The second-order valence-electron chi connectivity index (χ2n) is 7.89. The fourth-order valence-electron chi connectivity index (χ4n) is 4.21. The minimum absolute atomic E-state index is 0.0227. The van der Waals surface area contributed by atoms with Crippen LogP contribution >= 0.6 is 23.6 Å². The normalized spacial score (nSPS) is 11.3. The van der Waals surface area contributed by atoms with Crippen LogP contribution in [0.1, 0.15) is 16.7 Å². The van der Waals surface area contributed by atoms with E-state index >= 15 is 0 Å². The van der Waals surface area contributed by atoms with E-state index in [1.165, 1.54) is 16.9 Å². The van der Waals surface area contributed by atoms with Crippen molar-refractivity contribution in [2.24, 2.45) is 0 Å². The third-order valence-corrected chi connectivity index (χ3v) is 7.24. The summed E-state index contributed by atoms with van der Waals surface area (Å²) in [5.74, 6) is 0.755. The van der Waals surface area contributed by atoms with Crippen molar-refractivity contribution >= 4 is 40.1 Å². The molecule has 0 aliphatic rings. The van der Waals surface area contributed by atoms with Gasteiger partial charge in [-0.15, -0.1) is 11.3 Å². The van der Waals surface area contributed by atoms with Gasteiger partial charge in [-0.1, -0.05) is 48.0 Å². The number of hydrogen-bond acceptors (Lipinski definition) is 4. The van der Waals surface area contributed by atoms with E-state index in [1.807, 2.05) is 57.5 Å². The molecule has 32 heavy (non-hydrogen) atoms. The summed E-state index contributed by atoms with van der Waals surface area (Å²) in [5.41, 5.74) is 5.97. The van der Waals surface area contributed by atoms with E-state index in [1.54, 1.807) is 7.11 Å². The molecule has 0 unspecified atom stereocenters. The number of fused-ring (bicyclic) bond motifs is 3. The maximum atomic E-state index is 13.8. The first-order valence-electron chi connectivity index (χ1n) is 10.4. The summed E-state index contributed by atoms with van der Waals surface area (Å²) in [4.78, 5) is 14.7. The summed E-state index contributed by atoms with van der Waals surface area (Å²) >= 11 is 7.32. The zero-order valence-electron chi connectivity index (χ0n) is 18.1. The smallest absolute Gasteiger partial charge is 0.261 e. The van der Waals surface area contributed by atoms with Gasteiger partial charge in [0.2, 0.25) is 0 Å². The number of nitrogens with zero attached hydrogens (tertiary/aromatic N) is 2. The van der Waals surface area contributed by atoms with Gasteiger partial charge in [0, 0.05) is 5.56 Å². The Morgan fingerprint density at radius 2 is 1.75 bits per heavy atom. The average Bonchev–Trinajstić information content (AvgIpc) is 3.15. The Kier molecular flexibility index (Phi) is 5.19. The van der Waals surface area contributed by atoms with Crippen LogP contribution in [0.15, 0.2) is 71.5 Å². The van der Waals surface area contributed by atoms with Gasteiger partial charge in [0.25, 0.3) is 5.56 Å². The Balaban J connectivity index is 1.93. The second kappa shape index (κ2) is 8.04. The van der Waals surface area contributed by atoms with Gasteiger partial charge in [-0.2, -0.15) is 0 Å². The molecule has 0 saturated carbocycles. The molecule has 160 valence electrons. The third kappa shape index (κ3) is 3.27. The van der Waals surface area contributed by atoms with Gasteiger partial charge in [-0.25, -0.2) is 0 Å². The van der Waals surface area contributed by atoms with Crippen LogP contribution in [-0.4, -0.2) is 16.1 Å². The second-order valence-corrected chi connectivity index (χ2v) is 9.54. The molecule has 0 aliphatic carbocycles. The van der Waals surface area contributed by atoms with Crippen molar-refractivity contribution in [1.82, 2.24) is 8.97 Å². The summed E-state index contributed by atoms with van der Waals surface area (Å²) < 4.78 is 10.2. The first kappa shape index (κ1) is 20.7. The summed E-state index contributed by atoms with van der Waals surface area (Å²) in [6.45, 7) is 4.62. The number of thiazole rings is 1. The molecule has 5 rings (SSSR count). The lowest BCUT2D eigenvalue weighted by molar-refractivity contribution is 0.416. The molecule has 0 saturated heterocycles. The Bertz CT molecular complexity index is 1610. The highest BCUT2D eigenvalue weighted by Gasteiger charge is 2.20. The Hall–Kier alpha value is -3.22. The van der Waals surface area contributed by atoms with E-state index in [4.69, 9.17) is 17.0 Å². The fraction of sp³-hybridized carbons (Fsp3) is 0.154. The number of rotatable bonds is 4. The lowest BCUT2D eigenvalue weighted by Gasteiger charge is -2.16. The van der Waals surface area contributed by atoms with Crippen molar-refractivity contribution in [1.29, 1.82) is 0 Å². The van der Waals surface area contributed by atoms with Crippen molar-refractivity contribution in [2.75, 3.05) is 7.11 Å².